The minimum Gasteiger partial charge on any atom is -0.550 e. The molecule has 98 valence electrons. The summed E-state index contributed by atoms with van der Waals surface area (Å²) in [4.78, 5) is 10.1. The van der Waals surface area contributed by atoms with Crippen LogP contribution in [0.4, 0.5) is 0 Å². The van der Waals surface area contributed by atoms with Crippen LogP contribution in [0.1, 0.15) is 64.2 Å². The summed E-state index contributed by atoms with van der Waals surface area (Å²) in [7, 11) is 0. The van der Waals surface area contributed by atoms with Crippen molar-refractivity contribution in [2.24, 2.45) is 0 Å². The maximum Gasteiger partial charge on any atom is 0.0417 e. The molecule has 0 amide bonds. The molecule has 0 aromatic carbocycles. The van der Waals surface area contributed by atoms with Gasteiger partial charge in [0.05, 0.1) is 0 Å². The van der Waals surface area contributed by atoms with Crippen LogP contribution >= 0.6 is 0 Å². The van der Waals surface area contributed by atoms with E-state index < -0.39 is 5.97 Å². The Bertz CT molecular complexity index is 219. The quantitative estimate of drug-likeness (QED) is 0.385. The lowest BCUT2D eigenvalue weighted by Gasteiger charge is -1.99. The third kappa shape index (κ3) is 14.9. The molecule has 0 radical (unpaired) electrons. The molecule has 2 heteroatoms. The van der Waals surface area contributed by atoms with E-state index in [0.717, 1.165) is 12.8 Å². The zero-order valence-electron chi connectivity index (χ0n) is 10.8. The van der Waals surface area contributed by atoms with Gasteiger partial charge < -0.3 is 9.90 Å². The monoisotopic (exact) mass is 237 g/mol. The van der Waals surface area contributed by atoms with E-state index in [0.29, 0.717) is 6.42 Å². The van der Waals surface area contributed by atoms with Crippen LogP contribution in [0.15, 0.2) is 24.8 Å². The average molecular weight is 237 g/mol. The maximum absolute atomic E-state index is 10.1. The number of aliphatic carboxylic acids is 1. The van der Waals surface area contributed by atoms with E-state index in [1.54, 1.807) is 0 Å². The zero-order valence-corrected chi connectivity index (χ0v) is 10.8. The molecular weight excluding hydrogens is 212 g/mol. The van der Waals surface area contributed by atoms with Gasteiger partial charge in [0.2, 0.25) is 0 Å². The summed E-state index contributed by atoms with van der Waals surface area (Å²) in [5.41, 5.74) is 0. The van der Waals surface area contributed by atoms with Crippen molar-refractivity contribution in [1.29, 1.82) is 0 Å². The van der Waals surface area contributed by atoms with Gasteiger partial charge >= 0.3 is 0 Å². The number of rotatable bonds is 12. The van der Waals surface area contributed by atoms with Gasteiger partial charge in [-0.05, 0) is 38.5 Å². The molecule has 0 aliphatic carbocycles. The Morgan fingerprint density at radius 3 is 2.00 bits per heavy atom. The Morgan fingerprint density at radius 1 is 0.882 bits per heavy atom. The first kappa shape index (κ1) is 16.0. The molecular formula is C15H25O2-. The molecule has 2 nitrogen and oxygen atoms in total. The van der Waals surface area contributed by atoms with Crippen molar-refractivity contribution in [3.05, 3.63) is 24.8 Å². The normalized spacial score (nSPS) is 10.8. The molecule has 0 saturated carbocycles. The van der Waals surface area contributed by atoms with Crippen molar-refractivity contribution in [2.45, 2.75) is 64.2 Å². The topological polar surface area (TPSA) is 40.1 Å². The molecule has 0 fully saturated rings. The average Bonchev–Trinajstić information content (AvgIpc) is 2.30. The second kappa shape index (κ2) is 13.0. The van der Waals surface area contributed by atoms with Crippen LogP contribution in [0.2, 0.25) is 0 Å². The number of allylic oxidation sites excluding steroid dienone is 3. The largest absolute Gasteiger partial charge is 0.550 e. The predicted molar refractivity (Wildman–Crippen MR) is 70.5 cm³/mol. The number of unbranched alkanes of at least 4 members (excludes halogenated alkanes) is 7. The van der Waals surface area contributed by atoms with Crippen LogP contribution in [-0.4, -0.2) is 5.97 Å². The van der Waals surface area contributed by atoms with Crippen LogP contribution in [-0.2, 0) is 4.79 Å². The lowest BCUT2D eigenvalue weighted by Crippen LogP contribution is -2.21. The number of carboxylic acid groups (broad SMARTS) is 1. The number of carboxylic acids is 1. The predicted octanol–water partition coefficient (Wildman–Crippen LogP) is 3.38. The Labute approximate surface area is 105 Å². The molecule has 0 heterocycles. The summed E-state index contributed by atoms with van der Waals surface area (Å²) in [6.45, 7) is 3.71. The van der Waals surface area contributed by atoms with Crippen molar-refractivity contribution in [1.82, 2.24) is 0 Å². The fourth-order valence-electron chi connectivity index (χ4n) is 1.69. The highest BCUT2D eigenvalue weighted by Gasteiger charge is 1.89. The summed E-state index contributed by atoms with van der Waals surface area (Å²) < 4.78 is 0. The van der Waals surface area contributed by atoms with E-state index in [1.165, 1.54) is 38.5 Å². The molecule has 0 aromatic heterocycles. The van der Waals surface area contributed by atoms with Crippen LogP contribution in [0.5, 0.6) is 0 Å². The fourth-order valence-corrected chi connectivity index (χ4v) is 1.69. The fraction of sp³-hybridized carbons (Fsp3) is 0.667. The third-order valence-electron chi connectivity index (χ3n) is 2.71. The molecule has 17 heavy (non-hydrogen) atoms. The Kier molecular flexibility index (Phi) is 12.2. The van der Waals surface area contributed by atoms with Crippen LogP contribution in [0, 0.1) is 0 Å². The van der Waals surface area contributed by atoms with Crippen molar-refractivity contribution in [2.75, 3.05) is 0 Å². The third-order valence-corrected chi connectivity index (χ3v) is 2.71. The molecule has 0 spiro atoms. The molecule has 0 bridgehead atoms. The van der Waals surface area contributed by atoms with E-state index >= 15 is 0 Å². The minimum absolute atomic E-state index is 0.139. The number of carbonyl (C=O) groups excluding carboxylic acids is 1. The molecule has 0 atom stereocenters. The molecule has 0 N–H and O–H groups in total. The van der Waals surface area contributed by atoms with Crippen molar-refractivity contribution >= 4 is 5.97 Å². The SMILES string of the molecule is C=CCCCCCCCC/C=C/CCC(=O)[O-]. The van der Waals surface area contributed by atoms with Crippen LogP contribution < -0.4 is 5.11 Å². The van der Waals surface area contributed by atoms with Gasteiger partial charge in [-0.15, -0.1) is 6.58 Å². The molecule has 0 aliphatic heterocycles. The minimum atomic E-state index is -0.964. The van der Waals surface area contributed by atoms with Gasteiger partial charge in [-0.1, -0.05) is 43.9 Å². The second-order valence-corrected chi connectivity index (χ2v) is 4.37. The zero-order chi connectivity index (χ0) is 12.8. The summed E-state index contributed by atoms with van der Waals surface area (Å²) >= 11 is 0. The van der Waals surface area contributed by atoms with Crippen LogP contribution in [0.3, 0.4) is 0 Å². The van der Waals surface area contributed by atoms with Crippen LogP contribution in [0.25, 0.3) is 0 Å². The lowest BCUT2D eigenvalue weighted by molar-refractivity contribution is -0.305. The molecule has 0 unspecified atom stereocenters. The summed E-state index contributed by atoms with van der Waals surface area (Å²) in [5.74, 6) is -0.964. The van der Waals surface area contributed by atoms with Gasteiger partial charge in [0, 0.05) is 5.97 Å². The first-order chi connectivity index (χ1) is 8.27. The van der Waals surface area contributed by atoms with E-state index in [4.69, 9.17) is 0 Å². The van der Waals surface area contributed by atoms with E-state index in [2.05, 4.69) is 12.7 Å². The van der Waals surface area contributed by atoms with Gasteiger partial charge in [0.15, 0.2) is 0 Å². The van der Waals surface area contributed by atoms with Gasteiger partial charge in [-0.25, -0.2) is 0 Å². The Balaban J connectivity index is 3.07. The summed E-state index contributed by atoms with van der Waals surface area (Å²) in [5, 5.41) is 10.1. The first-order valence-electron chi connectivity index (χ1n) is 6.73. The molecule has 0 aliphatic rings. The summed E-state index contributed by atoms with van der Waals surface area (Å²) in [6, 6.07) is 0. The highest BCUT2D eigenvalue weighted by atomic mass is 16.4. The van der Waals surface area contributed by atoms with Gasteiger partial charge in [-0.3, -0.25) is 0 Å². The number of hydrogen-bond donors (Lipinski definition) is 0. The highest BCUT2D eigenvalue weighted by molar-refractivity contribution is 5.64. The van der Waals surface area contributed by atoms with E-state index in [9.17, 15) is 9.90 Å². The van der Waals surface area contributed by atoms with Crippen molar-refractivity contribution < 1.29 is 9.90 Å². The molecule has 0 aromatic rings. The molecule has 0 rings (SSSR count). The van der Waals surface area contributed by atoms with E-state index in [1.807, 2.05) is 12.2 Å². The summed E-state index contributed by atoms with van der Waals surface area (Å²) in [6.07, 6.45) is 16.7. The highest BCUT2D eigenvalue weighted by Crippen LogP contribution is 2.09. The van der Waals surface area contributed by atoms with Crippen molar-refractivity contribution in [3.8, 4) is 0 Å². The number of hydrogen-bond acceptors (Lipinski definition) is 2. The standard InChI is InChI=1S/C15H26O2/c1-2-3-4-5-6-7-8-9-10-11-12-13-14-15(16)17/h2,11-12H,1,3-10,13-14H2,(H,16,17)/p-1/b12-11+. The smallest absolute Gasteiger partial charge is 0.0417 e. The van der Waals surface area contributed by atoms with Crippen molar-refractivity contribution in [3.63, 3.8) is 0 Å². The van der Waals surface area contributed by atoms with Gasteiger partial charge in [0.1, 0.15) is 0 Å². The Hall–Kier alpha value is -1.05. The lowest BCUT2D eigenvalue weighted by atomic mass is 10.1. The molecule has 0 saturated heterocycles. The maximum atomic E-state index is 10.1. The second-order valence-electron chi connectivity index (χ2n) is 4.37. The van der Waals surface area contributed by atoms with E-state index in [-0.39, 0.29) is 6.42 Å². The van der Waals surface area contributed by atoms with Gasteiger partial charge in [-0.2, -0.15) is 0 Å². The van der Waals surface area contributed by atoms with Gasteiger partial charge in [0.25, 0.3) is 0 Å². The Morgan fingerprint density at radius 2 is 1.41 bits per heavy atom. The number of carbonyl (C=O) groups is 1. The first-order valence-corrected chi connectivity index (χ1v) is 6.73.